The lowest BCUT2D eigenvalue weighted by Crippen LogP contribution is -2.50. The Morgan fingerprint density at radius 3 is 0.847 bits per heavy atom. The number of carbonyl (C=O) groups excluding carboxylic acids is 7. The van der Waals surface area contributed by atoms with Gasteiger partial charge in [0, 0.05) is 10.8 Å². The summed E-state index contributed by atoms with van der Waals surface area (Å²) in [5.41, 5.74) is -3.62. The van der Waals surface area contributed by atoms with E-state index >= 15 is 0 Å². The van der Waals surface area contributed by atoms with Gasteiger partial charge in [0.2, 0.25) is 0 Å². The van der Waals surface area contributed by atoms with Crippen LogP contribution in [0.5, 0.6) is 0 Å². The van der Waals surface area contributed by atoms with E-state index in [2.05, 4.69) is 96.9 Å². The molecule has 0 heterocycles. The molecule has 0 bridgehead atoms. The van der Waals surface area contributed by atoms with Gasteiger partial charge in [-0.3, -0.25) is 33.6 Å². The van der Waals surface area contributed by atoms with E-state index in [0.717, 1.165) is 161 Å². The molecule has 0 spiro atoms. The quantitative estimate of drug-likeness (QED) is 0.0489. The molecule has 7 aliphatic carbocycles. The molecule has 0 radical (unpaired) electrons. The Morgan fingerprint density at radius 2 is 0.534 bits per heavy atom. The highest BCUT2D eigenvalue weighted by atomic mass is 16.6. The summed E-state index contributed by atoms with van der Waals surface area (Å²) >= 11 is 0. The summed E-state index contributed by atoms with van der Waals surface area (Å²) in [4.78, 5) is 85.5. The first-order valence-electron chi connectivity index (χ1n) is 49.0. The fraction of sp³-hybridized carbons (Fsp3) is 0.933. The third-order valence-electron chi connectivity index (χ3n) is 30.6. The second kappa shape index (κ2) is 48.7. The maximum absolute atomic E-state index is 12.4. The first-order chi connectivity index (χ1) is 54.3. The number of hydrogen-bond acceptors (Lipinski definition) is 14. The summed E-state index contributed by atoms with van der Waals surface area (Å²) in [6.07, 6.45) is 48.6. The van der Waals surface area contributed by atoms with Crippen LogP contribution in [0.3, 0.4) is 0 Å². The molecule has 0 aromatic carbocycles. The molecule has 0 N–H and O–H groups in total. The van der Waals surface area contributed by atoms with Crippen molar-refractivity contribution in [2.45, 2.75) is 564 Å². The molecular weight excluding hydrogens is 1470 g/mol. The Hall–Kier alpha value is -3.71. The minimum atomic E-state index is -0.365. The molecule has 14 nitrogen and oxygen atoms in total. The lowest BCUT2D eigenvalue weighted by atomic mass is 9.68. The first kappa shape index (κ1) is 112. The van der Waals surface area contributed by atoms with E-state index < -0.39 is 0 Å². The normalized spacial score (nSPS) is 20.2. The van der Waals surface area contributed by atoms with Crippen molar-refractivity contribution in [1.29, 1.82) is 0 Å². The fourth-order valence-corrected chi connectivity index (χ4v) is 16.7. The highest BCUT2D eigenvalue weighted by molar-refractivity contribution is 5.79. The highest BCUT2D eigenvalue weighted by Crippen LogP contribution is 2.51. The Labute approximate surface area is 728 Å². The van der Waals surface area contributed by atoms with Crippen LogP contribution in [0.2, 0.25) is 0 Å². The summed E-state index contributed by atoms with van der Waals surface area (Å²) < 4.78 is 41.5. The van der Waals surface area contributed by atoms with Crippen LogP contribution in [0.4, 0.5) is 0 Å². The Bertz CT molecular complexity index is 2890. The average molecular weight is 1670 g/mol. The van der Waals surface area contributed by atoms with E-state index in [1.165, 1.54) is 128 Å². The van der Waals surface area contributed by atoms with Crippen molar-refractivity contribution < 1.29 is 66.7 Å². The van der Waals surface area contributed by atoms with E-state index in [4.69, 9.17) is 33.2 Å². The van der Waals surface area contributed by atoms with Gasteiger partial charge in [-0.2, -0.15) is 0 Å². The van der Waals surface area contributed by atoms with Crippen LogP contribution in [0, 0.1) is 60.6 Å². The lowest BCUT2D eigenvalue weighted by Gasteiger charge is -2.47. The van der Waals surface area contributed by atoms with E-state index in [1.807, 2.05) is 138 Å². The van der Waals surface area contributed by atoms with Gasteiger partial charge in [-0.1, -0.05) is 164 Å². The van der Waals surface area contributed by atoms with Gasteiger partial charge in [0.05, 0.1) is 37.9 Å². The number of unbranched alkanes of at least 4 members (excludes halogenated alkanes) is 1. The molecule has 7 saturated carbocycles. The minimum Gasteiger partial charge on any atom is -0.459 e. The summed E-state index contributed by atoms with van der Waals surface area (Å²) in [7, 11) is 0. The SMILES string of the molecule is CCC(C)(C)C(=O)OC1(C(C)(C)C)CCCCC1.CCC(C)(C)C(=O)OC1(C(C)(C)CC)CCCC1.CCC(C)(C)C(=O)OC1(C(C)C)CCCCC1.CCC(C)(C)C(=O)OC1(C)CCCCC1.CCC(C)(C)C(=O)OC1(CC(C)C)CCCC1.CCC1(OC(=O)C(C)(C)CC)CCCCC1.CCCCC1(OC(=O)C(C)(C)CC)CCCC1. The van der Waals surface area contributed by atoms with Crippen molar-refractivity contribution in [1.82, 2.24) is 0 Å². The maximum atomic E-state index is 12.4. The molecule has 694 valence electrons. The molecule has 0 aromatic rings. The summed E-state index contributed by atoms with van der Waals surface area (Å²) in [5.74, 6) is 0.879. The second-order valence-electron chi connectivity index (χ2n) is 45.0. The zero-order chi connectivity index (χ0) is 91.0. The van der Waals surface area contributed by atoms with E-state index in [-0.39, 0.29) is 130 Å². The van der Waals surface area contributed by atoms with Crippen molar-refractivity contribution >= 4 is 41.8 Å². The van der Waals surface area contributed by atoms with Crippen LogP contribution in [0.1, 0.15) is 524 Å². The van der Waals surface area contributed by atoms with Gasteiger partial charge in [0.15, 0.2) is 0 Å². The zero-order valence-corrected chi connectivity index (χ0v) is 84.2. The summed E-state index contributed by atoms with van der Waals surface area (Å²) in [5, 5.41) is 0. The van der Waals surface area contributed by atoms with Crippen LogP contribution in [-0.2, 0) is 66.7 Å². The number of esters is 7. The number of ether oxygens (including phenoxy) is 7. The van der Waals surface area contributed by atoms with Crippen LogP contribution >= 0.6 is 0 Å². The van der Waals surface area contributed by atoms with E-state index in [1.54, 1.807) is 0 Å². The molecule has 0 aromatic heterocycles. The number of carbonyl (C=O) groups is 7. The van der Waals surface area contributed by atoms with Gasteiger partial charge in [0.25, 0.3) is 0 Å². The maximum Gasteiger partial charge on any atom is 0.312 e. The topological polar surface area (TPSA) is 184 Å². The smallest absolute Gasteiger partial charge is 0.312 e. The van der Waals surface area contributed by atoms with Gasteiger partial charge >= 0.3 is 41.8 Å². The van der Waals surface area contributed by atoms with Crippen molar-refractivity contribution in [3.63, 3.8) is 0 Å². The summed E-state index contributed by atoms with van der Waals surface area (Å²) in [6.45, 7) is 70.4. The lowest BCUT2D eigenvalue weighted by molar-refractivity contribution is -0.190. The molecule has 0 aliphatic heterocycles. The standard InChI is InChI=1S/2C16H30O2.3C15H28O2.C14H26O2.C13H24O2/c1-7-15(5,6)13(17)18-16(14(2,3)4)11-9-8-10-12-16;1-7-14(3,4)13(17)18-16(11-9-10-12-16)15(5,6)8-2;1-6-14(4,5)13(16)17-15(11-12(2)3)9-7-8-10-15;1-6-14(4,5)13(16)17-15(12(2)3)10-8-7-9-11-15;1-5-7-10-15(11-8-9-12-15)17-13(16)14(3,4)6-2;1-5-13(3,4)12(15)16-14(6-2)10-8-7-9-11-14;1-5-12(2,3)11(14)15-13(4)9-7-6-8-10-13/h2*7-12H2,1-6H3;2*12H,6-11H2,1-5H3;5-12H2,1-4H3;5-11H2,1-4H3;5-10H2,1-4H3. The molecule has 7 aliphatic rings. The second-order valence-corrected chi connectivity index (χ2v) is 45.0. The van der Waals surface area contributed by atoms with E-state index in [0.29, 0.717) is 11.8 Å². The fourth-order valence-electron chi connectivity index (χ4n) is 16.7. The largest absolute Gasteiger partial charge is 0.459 e. The molecule has 0 saturated heterocycles. The molecule has 118 heavy (non-hydrogen) atoms. The predicted molar refractivity (Wildman–Crippen MR) is 491 cm³/mol. The number of hydrogen-bond donors (Lipinski definition) is 0. The molecule has 0 atom stereocenters. The Morgan fingerprint density at radius 1 is 0.280 bits per heavy atom. The van der Waals surface area contributed by atoms with Crippen molar-refractivity contribution in [2.24, 2.45) is 60.6 Å². The third kappa shape index (κ3) is 34.3. The molecule has 0 amide bonds. The van der Waals surface area contributed by atoms with Crippen LogP contribution in [0.15, 0.2) is 0 Å². The highest BCUT2D eigenvalue weighted by Gasteiger charge is 2.52. The molecule has 0 unspecified atom stereocenters. The van der Waals surface area contributed by atoms with Crippen molar-refractivity contribution in [3.8, 4) is 0 Å². The molecule has 7 rings (SSSR count). The summed E-state index contributed by atoms with van der Waals surface area (Å²) in [6, 6.07) is 0. The van der Waals surface area contributed by atoms with Crippen LogP contribution in [-0.4, -0.2) is 81.0 Å². The monoisotopic (exact) mass is 1670 g/mol. The Kier molecular flexibility index (Phi) is 46.3. The first-order valence-corrected chi connectivity index (χ1v) is 49.0. The molecular formula is C104H194O14. The van der Waals surface area contributed by atoms with Gasteiger partial charge in [-0.25, -0.2) is 0 Å². The minimum absolute atomic E-state index is 0.00185. The van der Waals surface area contributed by atoms with Crippen LogP contribution < -0.4 is 0 Å². The zero-order valence-electron chi connectivity index (χ0n) is 84.2. The van der Waals surface area contributed by atoms with Crippen LogP contribution in [0.25, 0.3) is 0 Å². The predicted octanol–water partition coefficient (Wildman–Crippen LogP) is 30.3. The average Bonchev–Trinajstić information content (AvgIpc) is 1.47. The Balaban J connectivity index is 0.000000689. The van der Waals surface area contributed by atoms with Crippen molar-refractivity contribution in [2.75, 3.05) is 0 Å². The van der Waals surface area contributed by atoms with Crippen molar-refractivity contribution in [3.05, 3.63) is 0 Å². The van der Waals surface area contributed by atoms with E-state index in [9.17, 15) is 33.6 Å². The molecule has 7 fully saturated rings. The number of rotatable bonds is 30. The van der Waals surface area contributed by atoms with Gasteiger partial charge in [-0.05, 0) is 373 Å². The van der Waals surface area contributed by atoms with Gasteiger partial charge in [0.1, 0.15) is 39.2 Å². The third-order valence-corrected chi connectivity index (χ3v) is 30.6. The van der Waals surface area contributed by atoms with Gasteiger partial charge in [-0.15, -0.1) is 0 Å². The molecule has 14 heteroatoms. The van der Waals surface area contributed by atoms with Gasteiger partial charge < -0.3 is 33.2 Å².